The lowest BCUT2D eigenvalue weighted by Gasteiger charge is -2.28. The number of carboxylic acid groups (broad SMARTS) is 1. The van der Waals surface area contributed by atoms with Crippen LogP contribution in [0, 0.1) is 5.92 Å². The molecule has 2 aromatic carbocycles. The van der Waals surface area contributed by atoms with Gasteiger partial charge in [0.25, 0.3) is 0 Å². The highest BCUT2D eigenvalue weighted by Gasteiger charge is 2.31. The first-order chi connectivity index (χ1) is 18.0. The lowest BCUT2D eigenvalue weighted by Crippen LogP contribution is -2.33. The number of hydrogen-bond donors (Lipinski definition) is 1. The summed E-state index contributed by atoms with van der Waals surface area (Å²) in [5.74, 6) is -1.14. The van der Waals surface area contributed by atoms with E-state index < -0.39 is 11.9 Å². The lowest BCUT2D eigenvalue weighted by molar-refractivity contribution is -0.150. The third-order valence-electron chi connectivity index (χ3n) is 7.29. The predicted molar refractivity (Wildman–Crippen MR) is 144 cm³/mol. The number of fused-ring (bicyclic) bond motifs is 1. The first-order valence-corrected chi connectivity index (χ1v) is 12.8. The van der Waals surface area contributed by atoms with Gasteiger partial charge in [-0.25, -0.2) is 0 Å². The molecule has 190 valence electrons. The molecule has 0 bridgehead atoms. The van der Waals surface area contributed by atoms with Crippen LogP contribution in [0.25, 0.3) is 17.0 Å². The molecular weight excluding hydrogens is 464 g/mol. The van der Waals surface area contributed by atoms with Gasteiger partial charge in [-0.1, -0.05) is 49.3 Å². The minimum absolute atomic E-state index is 0.0107. The van der Waals surface area contributed by atoms with E-state index in [-0.39, 0.29) is 11.9 Å². The summed E-state index contributed by atoms with van der Waals surface area (Å²) in [6.07, 6.45) is 11.3. The van der Waals surface area contributed by atoms with E-state index in [0.29, 0.717) is 30.8 Å². The Morgan fingerprint density at radius 3 is 2.65 bits per heavy atom. The van der Waals surface area contributed by atoms with Gasteiger partial charge >= 0.3 is 5.97 Å². The van der Waals surface area contributed by atoms with Gasteiger partial charge in [0.2, 0.25) is 5.78 Å². The molecular formula is C31H32N2O4. The first kappa shape index (κ1) is 24.8. The monoisotopic (exact) mass is 496 g/mol. The minimum atomic E-state index is -0.755. The van der Waals surface area contributed by atoms with Crippen LogP contribution in [0.3, 0.4) is 0 Å². The molecule has 1 aliphatic rings. The molecule has 2 heterocycles. The molecule has 1 fully saturated rings. The Bertz CT molecular complexity index is 1430. The van der Waals surface area contributed by atoms with Crippen LogP contribution in [0.4, 0.5) is 0 Å². The third-order valence-corrected chi connectivity index (χ3v) is 7.29. The summed E-state index contributed by atoms with van der Waals surface area (Å²) in [6, 6.07) is 19.7. The molecule has 1 N–H and O–H groups in total. The summed E-state index contributed by atoms with van der Waals surface area (Å²) in [5, 5.41) is 10.5. The quantitative estimate of drug-likeness (QED) is 0.285. The Morgan fingerprint density at radius 2 is 1.84 bits per heavy atom. The molecule has 0 saturated heterocycles. The Labute approximate surface area is 216 Å². The van der Waals surface area contributed by atoms with E-state index >= 15 is 0 Å². The number of allylic oxidation sites excluding steroid dienone is 1. The van der Waals surface area contributed by atoms with Crippen LogP contribution in [0.5, 0.6) is 0 Å². The fourth-order valence-corrected chi connectivity index (χ4v) is 5.16. The molecule has 4 aromatic rings. The fourth-order valence-electron chi connectivity index (χ4n) is 5.16. The van der Waals surface area contributed by atoms with E-state index in [0.717, 1.165) is 41.3 Å². The summed E-state index contributed by atoms with van der Waals surface area (Å²) < 4.78 is 9.98. The van der Waals surface area contributed by atoms with Crippen LogP contribution in [0.2, 0.25) is 0 Å². The van der Waals surface area contributed by atoms with Gasteiger partial charge in [-0.3, -0.25) is 9.59 Å². The van der Waals surface area contributed by atoms with E-state index in [4.69, 9.17) is 4.74 Å². The number of carbonyl (C=O) groups excluding carboxylic acids is 1. The van der Waals surface area contributed by atoms with Gasteiger partial charge in [0.15, 0.2) is 0 Å². The number of carbonyl (C=O) groups is 2. The second-order valence-corrected chi connectivity index (χ2v) is 9.80. The SMILES string of the molecule is Cn1ccc2cc(C(=O)c3cccn3CC=Cc3ccc(COC4CCCCC4C(=O)O)cc3)ccc21. The van der Waals surface area contributed by atoms with Gasteiger partial charge in [-0.05, 0) is 60.4 Å². The van der Waals surface area contributed by atoms with Crippen LogP contribution in [-0.2, 0) is 29.7 Å². The summed E-state index contributed by atoms with van der Waals surface area (Å²) in [4.78, 5) is 24.7. The van der Waals surface area contributed by atoms with Crippen LogP contribution in [0.1, 0.15) is 52.9 Å². The number of ketones is 1. The van der Waals surface area contributed by atoms with E-state index in [9.17, 15) is 14.7 Å². The molecule has 37 heavy (non-hydrogen) atoms. The minimum Gasteiger partial charge on any atom is -0.481 e. The van der Waals surface area contributed by atoms with Crippen LogP contribution in [-0.4, -0.2) is 32.1 Å². The Hall–Kier alpha value is -3.90. The molecule has 1 saturated carbocycles. The van der Waals surface area contributed by atoms with E-state index in [1.165, 1.54) is 0 Å². The van der Waals surface area contributed by atoms with E-state index in [1.54, 1.807) is 0 Å². The number of hydrogen-bond acceptors (Lipinski definition) is 3. The van der Waals surface area contributed by atoms with Gasteiger partial charge in [0.05, 0.1) is 24.3 Å². The van der Waals surface area contributed by atoms with Gasteiger partial charge < -0.3 is 19.0 Å². The maximum Gasteiger partial charge on any atom is 0.309 e. The highest BCUT2D eigenvalue weighted by Crippen LogP contribution is 2.28. The average Bonchev–Trinajstić information content (AvgIpc) is 3.54. The fraction of sp³-hybridized carbons (Fsp3) is 0.290. The van der Waals surface area contributed by atoms with Crippen LogP contribution in [0.15, 0.2) is 79.1 Å². The zero-order chi connectivity index (χ0) is 25.8. The van der Waals surface area contributed by atoms with Crippen LogP contribution >= 0.6 is 0 Å². The van der Waals surface area contributed by atoms with Crippen molar-refractivity contribution < 1.29 is 19.4 Å². The Balaban J connectivity index is 1.18. The summed E-state index contributed by atoms with van der Waals surface area (Å²) in [6.45, 7) is 1.01. The molecule has 6 nitrogen and oxygen atoms in total. The van der Waals surface area contributed by atoms with Crippen molar-refractivity contribution in [2.45, 2.75) is 44.9 Å². The average molecular weight is 497 g/mol. The van der Waals surface area contributed by atoms with Crippen molar-refractivity contribution >= 4 is 28.7 Å². The lowest BCUT2D eigenvalue weighted by atomic mass is 9.86. The topological polar surface area (TPSA) is 73.5 Å². The number of aryl methyl sites for hydroxylation is 1. The number of benzene rings is 2. The smallest absolute Gasteiger partial charge is 0.309 e. The molecule has 0 amide bonds. The Morgan fingerprint density at radius 1 is 1.03 bits per heavy atom. The molecule has 5 rings (SSSR count). The molecule has 0 radical (unpaired) electrons. The second-order valence-electron chi connectivity index (χ2n) is 9.80. The van der Waals surface area contributed by atoms with Gasteiger partial charge in [0.1, 0.15) is 0 Å². The van der Waals surface area contributed by atoms with Gasteiger partial charge in [0, 0.05) is 42.5 Å². The number of rotatable bonds is 9. The highest BCUT2D eigenvalue weighted by molar-refractivity contribution is 6.09. The van der Waals surface area contributed by atoms with Crippen molar-refractivity contribution in [1.29, 1.82) is 0 Å². The number of ether oxygens (including phenoxy) is 1. The molecule has 6 heteroatoms. The zero-order valence-electron chi connectivity index (χ0n) is 21.0. The summed E-state index contributed by atoms with van der Waals surface area (Å²) in [7, 11) is 2.00. The molecule has 2 aromatic heterocycles. The third kappa shape index (κ3) is 5.59. The first-order valence-electron chi connectivity index (χ1n) is 12.8. The van der Waals surface area contributed by atoms with E-state index in [2.05, 4.69) is 0 Å². The van der Waals surface area contributed by atoms with Crippen molar-refractivity contribution in [3.63, 3.8) is 0 Å². The highest BCUT2D eigenvalue weighted by atomic mass is 16.5. The molecule has 1 aliphatic carbocycles. The Kier molecular flexibility index (Phi) is 7.37. The second kappa shape index (κ2) is 11.0. The van der Waals surface area contributed by atoms with Crippen molar-refractivity contribution in [3.8, 4) is 0 Å². The standard InChI is InChI=1S/C31H32N2O4/c1-32-19-16-24-20-25(14-15-27(24)32)30(34)28-8-5-18-33(28)17-4-6-22-10-12-23(13-11-22)21-37-29-9-3-2-7-26(29)31(35)36/h4-6,8,10-16,18-20,26,29H,2-3,7,9,17,21H2,1H3,(H,35,36). The number of aromatic nitrogens is 2. The number of carboxylic acids is 1. The largest absolute Gasteiger partial charge is 0.481 e. The van der Waals surface area contributed by atoms with E-state index in [1.807, 2.05) is 101 Å². The summed E-state index contributed by atoms with van der Waals surface area (Å²) >= 11 is 0. The van der Waals surface area contributed by atoms with Crippen molar-refractivity contribution in [2.24, 2.45) is 13.0 Å². The molecule has 2 atom stereocenters. The predicted octanol–water partition coefficient (Wildman–Crippen LogP) is 6.08. The van der Waals surface area contributed by atoms with Crippen molar-refractivity contribution in [1.82, 2.24) is 9.13 Å². The van der Waals surface area contributed by atoms with Crippen LogP contribution < -0.4 is 0 Å². The normalized spacial score (nSPS) is 18.0. The molecule has 2 unspecified atom stereocenters. The van der Waals surface area contributed by atoms with Gasteiger partial charge in [-0.15, -0.1) is 0 Å². The maximum absolute atomic E-state index is 13.2. The van der Waals surface area contributed by atoms with Crippen molar-refractivity contribution in [3.05, 3.63) is 102 Å². The zero-order valence-corrected chi connectivity index (χ0v) is 21.0. The maximum atomic E-state index is 13.2. The molecule has 0 aliphatic heterocycles. The molecule has 0 spiro atoms. The van der Waals surface area contributed by atoms with Gasteiger partial charge in [-0.2, -0.15) is 0 Å². The number of nitrogens with zero attached hydrogens (tertiary/aromatic N) is 2. The number of aliphatic carboxylic acids is 1. The summed E-state index contributed by atoms with van der Waals surface area (Å²) in [5.41, 5.74) is 4.53. The van der Waals surface area contributed by atoms with Crippen molar-refractivity contribution in [2.75, 3.05) is 0 Å².